The Labute approximate surface area is 107 Å². The van der Waals surface area contributed by atoms with Crippen LogP contribution in [0.3, 0.4) is 0 Å². The third-order valence-electron chi connectivity index (χ3n) is 3.08. The van der Waals surface area contributed by atoms with E-state index < -0.39 is 0 Å². The predicted octanol–water partition coefficient (Wildman–Crippen LogP) is 2.97. The van der Waals surface area contributed by atoms with Crippen LogP contribution < -0.4 is 4.73 Å². The first kappa shape index (κ1) is 12.4. The maximum Gasteiger partial charge on any atom is 0.276 e. The molecule has 1 aromatic heterocycles. The van der Waals surface area contributed by atoms with Gasteiger partial charge in [0.05, 0.1) is 5.39 Å². The Hall–Kier alpha value is -2.03. The summed E-state index contributed by atoms with van der Waals surface area (Å²) < 4.78 is 1.10. The van der Waals surface area contributed by atoms with Crippen molar-refractivity contribution in [3.05, 3.63) is 48.7 Å². The van der Waals surface area contributed by atoms with Gasteiger partial charge in [-0.1, -0.05) is 18.2 Å². The first-order valence-electron chi connectivity index (χ1n) is 6.20. The van der Waals surface area contributed by atoms with E-state index in [-0.39, 0.29) is 5.75 Å². The standard InChI is InChI=1S/C15H17NO2/c1-2-3-4-5-10-14-15(17)11-12-8-6-7-9-13(12)16(14)18/h2,6-9,11H,1,3-5,10H2,(H-,17,18)/p+1. The van der Waals surface area contributed by atoms with E-state index in [2.05, 4.69) is 6.58 Å². The lowest BCUT2D eigenvalue weighted by molar-refractivity contribution is -0.889. The maximum atomic E-state index is 10.1. The molecule has 0 bridgehead atoms. The number of allylic oxidation sites excluding steroid dienone is 1. The van der Waals surface area contributed by atoms with Crippen LogP contribution in [0.25, 0.3) is 10.9 Å². The zero-order valence-electron chi connectivity index (χ0n) is 10.3. The van der Waals surface area contributed by atoms with E-state index in [1.807, 2.05) is 30.3 Å². The summed E-state index contributed by atoms with van der Waals surface area (Å²) in [5.74, 6) is 0.148. The summed E-state index contributed by atoms with van der Waals surface area (Å²) in [6, 6.07) is 9.15. The van der Waals surface area contributed by atoms with Gasteiger partial charge in [0.15, 0.2) is 5.75 Å². The number of benzene rings is 1. The lowest BCUT2D eigenvalue weighted by Gasteiger charge is -2.02. The second kappa shape index (κ2) is 5.54. The summed E-state index contributed by atoms with van der Waals surface area (Å²) in [7, 11) is 0. The molecule has 0 spiro atoms. The average molecular weight is 244 g/mol. The maximum absolute atomic E-state index is 10.1. The van der Waals surface area contributed by atoms with Gasteiger partial charge in [-0.3, -0.25) is 5.21 Å². The van der Waals surface area contributed by atoms with E-state index in [0.717, 1.165) is 29.4 Å². The molecule has 0 saturated heterocycles. The highest BCUT2D eigenvalue weighted by Gasteiger charge is 2.20. The predicted molar refractivity (Wildman–Crippen MR) is 70.7 cm³/mol. The molecule has 2 N–H and O–H groups in total. The van der Waals surface area contributed by atoms with Crippen LogP contribution in [0.2, 0.25) is 0 Å². The topological polar surface area (TPSA) is 44.3 Å². The van der Waals surface area contributed by atoms with Crippen molar-refractivity contribution >= 4 is 10.9 Å². The van der Waals surface area contributed by atoms with Crippen molar-refractivity contribution in [3.8, 4) is 5.75 Å². The molecule has 18 heavy (non-hydrogen) atoms. The van der Waals surface area contributed by atoms with Crippen LogP contribution >= 0.6 is 0 Å². The Morgan fingerprint density at radius 1 is 1.22 bits per heavy atom. The van der Waals surface area contributed by atoms with Gasteiger partial charge >= 0.3 is 0 Å². The number of pyridine rings is 1. The van der Waals surface area contributed by atoms with Gasteiger partial charge in [0.2, 0.25) is 0 Å². The zero-order valence-corrected chi connectivity index (χ0v) is 10.3. The SMILES string of the molecule is C=CCCCCc1c(O)cc2ccccc2[n+]1O. The number of para-hydroxylation sites is 1. The van der Waals surface area contributed by atoms with Crippen molar-refractivity contribution in [2.75, 3.05) is 0 Å². The molecule has 0 aliphatic heterocycles. The second-order valence-electron chi connectivity index (χ2n) is 4.38. The number of fused-ring (bicyclic) bond motifs is 1. The highest BCUT2D eigenvalue weighted by atomic mass is 16.5. The van der Waals surface area contributed by atoms with Gasteiger partial charge in [0.1, 0.15) is 0 Å². The second-order valence-corrected chi connectivity index (χ2v) is 4.38. The Kier molecular flexibility index (Phi) is 3.82. The number of aromatic nitrogens is 1. The minimum absolute atomic E-state index is 0.148. The number of hydrogen-bond donors (Lipinski definition) is 2. The normalized spacial score (nSPS) is 10.7. The monoisotopic (exact) mass is 244 g/mol. The van der Waals surface area contributed by atoms with Gasteiger partial charge in [-0.2, -0.15) is 0 Å². The minimum Gasteiger partial charge on any atom is -0.502 e. The van der Waals surface area contributed by atoms with Gasteiger partial charge in [0, 0.05) is 23.3 Å². The Balaban J connectivity index is 2.29. The molecule has 0 aliphatic carbocycles. The van der Waals surface area contributed by atoms with Crippen LogP contribution in [0.15, 0.2) is 43.0 Å². The van der Waals surface area contributed by atoms with Gasteiger partial charge in [0.25, 0.3) is 11.2 Å². The molecule has 3 heteroatoms. The number of nitrogens with zero attached hydrogens (tertiary/aromatic N) is 1. The van der Waals surface area contributed by atoms with E-state index in [9.17, 15) is 10.3 Å². The van der Waals surface area contributed by atoms with Crippen molar-refractivity contribution in [1.82, 2.24) is 0 Å². The molecule has 0 aliphatic rings. The van der Waals surface area contributed by atoms with E-state index in [4.69, 9.17) is 0 Å². The summed E-state index contributed by atoms with van der Waals surface area (Å²) in [5.41, 5.74) is 1.28. The van der Waals surface area contributed by atoms with Crippen molar-refractivity contribution in [1.29, 1.82) is 0 Å². The fourth-order valence-corrected chi connectivity index (χ4v) is 2.10. The van der Waals surface area contributed by atoms with E-state index in [1.165, 1.54) is 0 Å². The molecule has 0 unspecified atom stereocenters. The summed E-state index contributed by atoms with van der Waals surface area (Å²) in [4.78, 5) is 0. The fourth-order valence-electron chi connectivity index (χ4n) is 2.10. The molecule has 0 fully saturated rings. The molecular weight excluding hydrogens is 226 g/mol. The van der Waals surface area contributed by atoms with Crippen LogP contribution in [0.5, 0.6) is 5.75 Å². The molecular formula is C15H18NO2+. The van der Waals surface area contributed by atoms with Crippen LogP contribution in [0, 0.1) is 0 Å². The largest absolute Gasteiger partial charge is 0.502 e. The Morgan fingerprint density at radius 3 is 2.78 bits per heavy atom. The number of aromatic hydroxyl groups is 1. The molecule has 0 saturated carbocycles. The summed E-state index contributed by atoms with van der Waals surface area (Å²) in [5, 5.41) is 20.9. The molecule has 2 rings (SSSR count). The molecule has 2 aromatic rings. The minimum atomic E-state index is 0.148. The Morgan fingerprint density at radius 2 is 2.00 bits per heavy atom. The number of unbranched alkanes of at least 4 members (excludes halogenated alkanes) is 2. The smallest absolute Gasteiger partial charge is 0.276 e. The fraction of sp³-hybridized carbons (Fsp3) is 0.267. The molecule has 0 radical (unpaired) electrons. The zero-order chi connectivity index (χ0) is 13.0. The summed E-state index contributed by atoms with van der Waals surface area (Å²) >= 11 is 0. The molecule has 1 heterocycles. The summed E-state index contributed by atoms with van der Waals surface area (Å²) in [6.45, 7) is 3.68. The number of rotatable bonds is 5. The van der Waals surface area contributed by atoms with Crippen molar-refractivity contribution in [2.45, 2.75) is 25.7 Å². The van der Waals surface area contributed by atoms with Crippen molar-refractivity contribution in [3.63, 3.8) is 0 Å². The molecule has 0 atom stereocenters. The quantitative estimate of drug-likeness (QED) is 0.367. The molecule has 0 amide bonds. The third-order valence-corrected chi connectivity index (χ3v) is 3.08. The summed E-state index contributed by atoms with van der Waals surface area (Å²) in [6.07, 6.45) is 5.42. The lowest BCUT2D eigenvalue weighted by atomic mass is 10.1. The molecule has 94 valence electrons. The third kappa shape index (κ3) is 2.45. The van der Waals surface area contributed by atoms with Crippen LogP contribution in [-0.4, -0.2) is 10.3 Å². The van der Waals surface area contributed by atoms with Gasteiger partial charge in [-0.25, -0.2) is 0 Å². The van der Waals surface area contributed by atoms with Crippen LogP contribution in [0.1, 0.15) is 25.0 Å². The van der Waals surface area contributed by atoms with E-state index >= 15 is 0 Å². The average Bonchev–Trinajstić information content (AvgIpc) is 2.38. The first-order valence-corrected chi connectivity index (χ1v) is 6.20. The Bertz CT molecular complexity index is 564. The van der Waals surface area contributed by atoms with Gasteiger partial charge in [-0.15, -0.1) is 6.58 Å². The van der Waals surface area contributed by atoms with E-state index in [0.29, 0.717) is 17.6 Å². The van der Waals surface area contributed by atoms with E-state index in [1.54, 1.807) is 6.07 Å². The number of hydrogen-bond acceptors (Lipinski definition) is 2. The van der Waals surface area contributed by atoms with Crippen molar-refractivity contribution in [2.24, 2.45) is 0 Å². The highest BCUT2D eigenvalue weighted by Crippen LogP contribution is 2.21. The van der Waals surface area contributed by atoms with Gasteiger partial charge < -0.3 is 5.11 Å². The first-order chi connectivity index (χ1) is 8.74. The van der Waals surface area contributed by atoms with Gasteiger partial charge in [-0.05, 0) is 25.3 Å². The van der Waals surface area contributed by atoms with Crippen LogP contribution in [0.4, 0.5) is 0 Å². The molecule has 3 nitrogen and oxygen atoms in total. The highest BCUT2D eigenvalue weighted by molar-refractivity contribution is 5.76. The van der Waals surface area contributed by atoms with Crippen LogP contribution in [-0.2, 0) is 6.42 Å². The lowest BCUT2D eigenvalue weighted by Crippen LogP contribution is -2.36. The van der Waals surface area contributed by atoms with Crippen molar-refractivity contribution < 1.29 is 15.0 Å². The molecule has 1 aromatic carbocycles.